The number of hydrogen-bond donors (Lipinski definition) is 2. The molecule has 4 aliphatic carbocycles. The van der Waals surface area contributed by atoms with Gasteiger partial charge in [0.25, 0.3) is 0 Å². The van der Waals surface area contributed by atoms with Crippen molar-refractivity contribution in [2.45, 2.75) is 65.0 Å². The molecule has 0 aromatic heterocycles. The van der Waals surface area contributed by atoms with Gasteiger partial charge in [-0.1, -0.05) is 13.8 Å². The van der Waals surface area contributed by atoms with Gasteiger partial charge in [0.15, 0.2) is 0 Å². The molecule has 4 rings (SSSR count). The standard InChI is InChI=1S/C19H27FN2O/c1-18-5-3-10(21)7-13(18)15(22)8-11-12(18)4-6-19(2)16(23)9-14(20)17(11)19/h11-14,17,21-22H,3-9H2,1-2H3/t11?,12?,13?,14?,17?,18-,19-/m1/s1. The first-order chi connectivity index (χ1) is 10.8. The summed E-state index contributed by atoms with van der Waals surface area (Å²) in [5.74, 6) is 0.656. The van der Waals surface area contributed by atoms with Crippen LogP contribution < -0.4 is 0 Å². The molecule has 7 atom stereocenters. The van der Waals surface area contributed by atoms with Crippen LogP contribution in [-0.2, 0) is 4.79 Å². The molecule has 0 aliphatic heterocycles. The van der Waals surface area contributed by atoms with E-state index in [0.717, 1.165) is 37.8 Å². The third kappa shape index (κ3) is 1.90. The van der Waals surface area contributed by atoms with E-state index >= 15 is 0 Å². The van der Waals surface area contributed by atoms with Crippen LogP contribution in [0.5, 0.6) is 0 Å². The van der Waals surface area contributed by atoms with Crippen molar-refractivity contribution >= 4 is 17.2 Å². The van der Waals surface area contributed by atoms with Crippen molar-refractivity contribution in [2.24, 2.45) is 34.5 Å². The first-order valence-electron chi connectivity index (χ1n) is 9.08. The lowest BCUT2D eigenvalue weighted by Crippen LogP contribution is -2.57. The van der Waals surface area contributed by atoms with Gasteiger partial charge in [-0.15, -0.1) is 0 Å². The Morgan fingerprint density at radius 3 is 2.61 bits per heavy atom. The van der Waals surface area contributed by atoms with Crippen molar-refractivity contribution in [3.8, 4) is 0 Å². The average Bonchev–Trinajstić information content (AvgIpc) is 2.71. The molecule has 126 valence electrons. The van der Waals surface area contributed by atoms with Gasteiger partial charge in [0.05, 0.1) is 0 Å². The third-order valence-corrected chi connectivity index (χ3v) is 8.03. The van der Waals surface area contributed by atoms with E-state index in [0.29, 0.717) is 18.1 Å². The summed E-state index contributed by atoms with van der Waals surface area (Å²) in [6.45, 7) is 4.26. The molecule has 4 fully saturated rings. The Labute approximate surface area is 137 Å². The molecular weight excluding hydrogens is 291 g/mol. The number of carbonyl (C=O) groups is 1. The van der Waals surface area contributed by atoms with Crippen LogP contribution in [0.4, 0.5) is 4.39 Å². The zero-order valence-electron chi connectivity index (χ0n) is 14.1. The smallest absolute Gasteiger partial charge is 0.142 e. The fraction of sp³-hybridized carbons (Fsp3) is 0.842. The van der Waals surface area contributed by atoms with Crippen molar-refractivity contribution in [2.75, 3.05) is 0 Å². The Balaban J connectivity index is 1.73. The second-order valence-electron chi connectivity index (χ2n) is 8.99. The number of carbonyl (C=O) groups excluding carboxylic acids is 1. The second kappa shape index (κ2) is 4.73. The summed E-state index contributed by atoms with van der Waals surface area (Å²) in [5, 5.41) is 16.6. The highest BCUT2D eigenvalue weighted by molar-refractivity contribution is 5.94. The SMILES string of the molecule is C[C@]12CCC(=N)CC1C(=N)CC1C2CC[C@]2(C)C(=O)CC(F)C12. The van der Waals surface area contributed by atoms with E-state index in [9.17, 15) is 9.18 Å². The van der Waals surface area contributed by atoms with Gasteiger partial charge in [0, 0.05) is 35.1 Å². The average molecular weight is 318 g/mol. The van der Waals surface area contributed by atoms with Crippen molar-refractivity contribution in [3.63, 3.8) is 0 Å². The highest BCUT2D eigenvalue weighted by Gasteiger charge is 2.64. The predicted molar refractivity (Wildman–Crippen MR) is 87.8 cm³/mol. The number of hydrogen-bond acceptors (Lipinski definition) is 3. The summed E-state index contributed by atoms with van der Waals surface area (Å²) < 4.78 is 14.7. The van der Waals surface area contributed by atoms with Crippen LogP contribution in [0, 0.1) is 45.3 Å². The molecule has 23 heavy (non-hydrogen) atoms. The van der Waals surface area contributed by atoms with Crippen LogP contribution in [-0.4, -0.2) is 23.4 Å². The number of halogens is 1. The maximum Gasteiger partial charge on any atom is 0.142 e. The van der Waals surface area contributed by atoms with Crippen LogP contribution in [0.15, 0.2) is 0 Å². The quantitative estimate of drug-likeness (QED) is 0.691. The molecule has 4 saturated carbocycles. The predicted octanol–water partition coefficient (Wildman–Crippen LogP) is 4.20. The summed E-state index contributed by atoms with van der Waals surface area (Å²) in [6, 6.07) is 0. The summed E-state index contributed by atoms with van der Waals surface area (Å²) in [5.41, 5.74) is 1.02. The second-order valence-corrected chi connectivity index (χ2v) is 8.99. The number of rotatable bonds is 0. The Hall–Kier alpha value is -1.06. The van der Waals surface area contributed by atoms with Gasteiger partial charge >= 0.3 is 0 Å². The van der Waals surface area contributed by atoms with Gasteiger partial charge in [-0.3, -0.25) is 4.79 Å². The van der Waals surface area contributed by atoms with Crippen LogP contribution in [0.1, 0.15) is 58.8 Å². The maximum atomic E-state index is 14.7. The highest BCUT2D eigenvalue weighted by atomic mass is 19.1. The molecule has 0 saturated heterocycles. The molecule has 4 aliphatic rings. The molecule has 0 radical (unpaired) electrons. The number of ketones is 1. The Kier molecular flexibility index (Phi) is 3.18. The summed E-state index contributed by atoms with van der Waals surface area (Å²) >= 11 is 0. The molecule has 4 heteroatoms. The molecule has 0 heterocycles. The van der Waals surface area contributed by atoms with Gasteiger partial charge in [0.1, 0.15) is 12.0 Å². The van der Waals surface area contributed by atoms with Gasteiger partial charge in [0.2, 0.25) is 0 Å². The maximum absolute atomic E-state index is 14.7. The summed E-state index contributed by atoms with van der Waals surface area (Å²) in [6.07, 6.45) is 4.01. The fourth-order valence-electron chi connectivity index (χ4n) is 6.71. The lowest BCUT2D eigenvalue weighted by molar-refractivity contribution is -0.133. The summed E-state index contributed by atoms with van der Waals surface area (Å²) in [7, 11) is 0. The topological polar surface area (TPSA) is 64.8 Å². The van der Waals surface area contributed by atoms with E-state index < -0.39 is 11.6 Å². The minimum atomic E-state index is -1.02. The number of Topliss-reactive ketones (excluding diaryl/α,β-unsaturated/α-hetero) is 1. The molecule has 5 unspecified atom stereocenters. The van der Waals surface area contributed by atoms with Crippen LogP contribution in [0.3, 0.4) is 0 Å². The van der Waals surface area contributed by atoms with Crippen LogP contribution >= 0.6 is 0 Å². The first-order valence-corrected chi connectivity index (χ1v) is 9.08. The first kappa shape index (κ1) is 15.5. The normalized spacial score (nSPS) is 52.8. The largest absolute Gasteiger partial charge is 0.310 e. The molecule has 0 bridgehead atoms. The van der Waals surface area contributed by atoms with E-state index in [1.54, 1.807) is 0 Å². The van der Waals surface area contributed by atoms with Gasteiger partial charge in [-0.05, 0) is 55.8 Å². The van der Waals surface area contributed by atoms with Gasteiger partial charge in [-0.2, -0.15) is 0 Å². The third-order valence-electron chi connectivity index (χ3n) is 8.03. The molecular formula is C19H27FN2O. The lowest BCUT2D eigenvalue weighted by Gasteiger charge is -2.59. The zero-order valence-corrected chi connectivity index (χ0v) is 14.1. The number of fused-ring (bicyclic) bond motifs is 5. The van der Waals surface area contributed by atoms with Crippen LogP contribution in [0.2, 0.25) is 0 Å². The molecule has 2 N–H and O–H groups in total. The van der Waals surface area contributed by atoms with E-state index in [-0.39, 0.29) is 35.4 Å². The molecule has 0 spiro atoms. The van der Waals surface area contributed by atoms with E-state index in [2.05, 4.69) is 6.92 Å². The summed E-state index contributed by atoms with van der Waals surface area (Å²) in [4.78, 5) is 12.4. The molecule has 0 amide bonds. The highest BCUT2D eigenvalue weighted by Crippen LogP contribution is 2.64. The fourth-order valence-corrected chi connectivity index (χ4v) is 6.71. The van der Waals surface area contributed by atoms with Crippen molar-refractivity contribution in [3.05, 3.63) is 0 Å². The Morgan fingerprint density at radius 1 is 1.13 bits per heavy atom. The monoisotopic (exact) mass is 318 g/mol. The minimum absolute atomic E-state index is 0.0250. The van der Waals surface area contributed by atoms with Crippen molar-refractivity contribution in [1.82, 2.24) is 0 Å². The van der Waals surface area contributed by atoms with Crippen LogP contribution in [0.25, 0.3) is 0 Å². The minimum Gasteiger partial charge on any atom is -0.310 e. The molecule has 0 aromatic rings. The van der Waals surface area contributed by atoms with E-state index in [1.165, 1.54) is 0 Å². The van der Waals surface area contributed by atoms with Gasteiger partial charge < -0.3 is 10.8 Å². The number of alkyl halides is 1. The Morgan fingerprint density at radius 2 is 1.87 bits per heavy atom. The van der Waals surface area contributed by atoms with Crippen molar-refractivity contribution < 1.29 is 9.18 Å². The lowest BCUT2D eigenvalue weighted by atomic mass is 9.44. The van der Waals surface area contributed by atoms with E-state index in [4.69, 9.17) is 10.8 Å². The van der Waals surface area contributed by atoms with Gasteiger partial charge in [-0.25, -0.2) is 4.39 Å². The Bertz CT molecular complexity index is 602. The van der Waals surface area contributed by atoms with E-state index in [1.807, 2.05) is 6.92 Å². The zero-order chi connectivity index (χ0) is 16.6. The molecule has 0 aromatic carbocycles. The van der Waals surface area contributed by atoms with Crippen molar-refractivity contribution in [1.29, 1.82) is 10.8 Å². The molecule has 3 nitrogen and oxygen atoms in total. The number of nitrogens with one attached hydrogen (secondary N) is 2.